The highest BCUT2D eigenvalue weighted by Crippen LogP contribution is 2.25. The van der Waals surface area contributed by atoms with E-state index < -0.39 is 17.8 Å². The van der Waals surface area contributed by atoms with Crippen molar-refractivity contribution in [1.82, 2.24) is 4.57 Å². The van der Waals surface area contributed by atoms with Crippen LogP contribution < -0.4 is 14.3 Å². The topological polar surface area (TPSA) is 105 Å². The number of aromatic nitrogens is 1. The molecule has 3 aromatic rings. The number of carbonyl (C=O) groups excluding carboxylic acids is 3. The summed E-state index contributed by atoms with van der Waals surface area (Å²) in [6.45, 7) is -0.157. The van der Waals surface area contributed by atoms with E-state index in [1.54, 1.807) is 34.9 Å². The molecule has 0 aliphatic heterocycles. The van der Waals surface area contributed by atoms with E-state index in [0.29, 0.717) is 27.3 Å². The normalized spacial score (nSPS) is 11.3. The zero-order valence-corrected chi connectivity index (χ0v) is 18.1. The van der Waals surface area contributed by atoms with E-state index in [0.717, 1.165) is 11.3 Å². The van der Waals surface area contributed by atoms with Gasteiger partial charge in [0.05, 0.1) is 49.8 Å². The Bertz CT molecular complexity index is 1230. The van der Waals surface area contributed by atoms with E-state index in [-0.39, 0.29) is 16.9 Å². The average molecular weight is 444 g/mol. The van der Waals surface area contributed by atoms with Gasteiger partial charge in [0, 0.05) is 0 Å². The number of hydrogen-bond acceptors (Lipinski definition) is 8. The quantitative estimate of drug-likeness (QED) is 0.538. The average Bonchev–Trinajstić information content (AvgIpc) is 3.13. The Morgan fingerprint density at radius 1 is 0.968 bits per heavy atom. The monoisotopic (exact) mass is 444 g/mol. The van der Waals surface area contributed by atoms with Gasteiger partial charge in [-0.25, -0.2) is 4.79 Å². The standard InChI is InChI=1S/C21H20N2O7S/c1-27-13-6-8-16(28-2)14(10-13)19(25)22-21-23(11-18(24)29-3)15-7-5-12(20(26)30-4)9-17(15)31-21/h5-10H,11H2,1-4H3. The molecule has 2 aromatic carbocycles. The zero-order valence-electron chi connectivity index (χ0n) is 17.3. The van der Waals surface area contributed by atoms with Gasteiger partial charge in [0.2, 0.25) is 0 Å². The summed E-state index contributed by atoms with van der Waals surface area (Å²) in [5, 5.41) is 0. The van der Waals surface area contributed by atoms with E-state index in [1.807, 2.05) is 0 Å². The van der Waals surface area contributed by atoms with Gasteiger partial charge >= 0.3 is 11.9 Å². The Balaban J connectivity index is 2.18. The zero-order chi connectivity index (χ0) is 22.5. The number of amides is 1. The number of benzene rings is 2. The maximum absolute atomic E-state index is 13.0. The van der Waals surface area contributed by atoms with Gasteiger partial charge < -0.3 is 23.5 Å². The van der Waals surface area contributed by atoms with Crippen LogP contribution in [0, 0.1) is 0 Å². The smallest absolute Gasteiger partial charge is 0.337 e. The summed E-state index contributed by atoms with van der Waals surface area (Å²) in [7, 11) is 5.50. The number of hydrogen-bond donors (Lipinski definition) is 0. The molecule has 0 atom stereocenters. The minimum atomic E-state index is -0.575. The van der Waals surface area contributed by atoms with Crippen molar-refractivity contribution in [1.29, 1.82) is 0 Å². The van der Waals surface area contributed by atoms with Crippen LogP contribution in [0.25, 0.3) is 10.2 Å². The van der Waals surface area contributed by atoms with Crippen molar-refractivity contribution in [2.24, 2.45) is 4.99 Å². The van der Waals surface area contributed by atoms with Gasteiger partial charge in [-0.1, -0.05) is 11.3 Å². The Labute approximate surface area is 181 Å². The SMILES string of the molecule is COC(=O)Cn1c(=NC(=O)c2cc(OC)ccc2OC)sc2cc(C(=O)OC)ccc21. The van der Waals surface area contributed by atoms with Crippen LogP contribution in [-0.4, -0.2) is 50.9 Å². The molecule has 162 valence electrons. The predicted molar refractivity (Wildman–Crippen MR) is 113 cm³/mol. The van der Waals surface area contributed by atoms with E-state index >= 15 is 0 Å². The van der Waals surface area contributed by atoms with Crippen molar-refractivity contribution in [2.45, 2.75) is 6.54 Å². The lowest BCUT2D eigenvalue weighted by Gasteiger charge is -2.07. The lowest BCUT2D eigenvalue weighted by atomic mass is 10.2. The summed E-state index contributed by atoms with van der Waals surface area (Å²) < 4.78 is 22.2. The number of methoxy groups -OCH3 is 4. The molecule has 0 fully saturated rings. The molecule has 9 nitrogen and oxygen atoms in total. The molecule has 0 radical (unpaired) electrons. The first-order valence-electron chi connectivity index (χ1n) is 9.01. The first-order valence-corrected chi connectivity index (χ1v) is 9.83. The fourth-order valence-electron chi connectivity index (χ4n) is 2.88. The second kappa shape index (κ2) is 9.43. The fraction of sp³-hybridized carbons (Fsp3) is 0.238. The number of rotatable bonds is 6. The van der Waals surface area contributed by atoms with Crippen molar-refractivity contribution < 1.29 is 33.3 Å². The van der Waals surface area contributed by atoms with Gasteiger partial charge in [-0.15, -0.1) is 0 Å². The number of fused-ring (bicyclic) bond motifs is 1. The van der Waals surface area contributed by atoms with Crippen molar-refractivity contribution in [3.8, 4) is 11.5 Å². The molecule has 0 N–H and O–H groups in total. The molecule has 0 saturated heterocycles. The first kappa shape index (κ1) is 22.0. The van der Waals surface area contributed by atoms with Crippen LogP contribution in [0.1, 0.15) is 20.7 Å². The maximum atomic E-state index is 13.0. The Morgan fingerprint density at radius 2 is 1.74 bits per heavy atom. The van der Waals surface area contributed by atoms with Crippen molar-refractivity contribution in [2.75, 3.05) is 28.4 Å². The number of carbonyl (C=O) groups is 3. The highest BCUT2D eigenvalue weighted by Gasteiger charge is 2.17. The van der Waals surface area contributed by atoms with Gasteiger partial charge in [0.15, 0.2) is 4.80 Å². The molecule has 0 aliphatic rings. The molecule has 1 heterocycles. The lowest BCUT2D eigenvalue weighted by Crippen LogP contribution is -2.22. The van der Waals surface area contributed by atoms with Crippen molar-refractivity contribution >= 4 is 39.4 Å². The first-order chi connectivity index (χ1) is 14.9. The fourth-order valence-corrected chi connectivity index (χ4v) is 3.95. The van der Waals surface area contributed by atoms with Crippen LogP contribution in [0.5, 0.6) is 11.5 Å². The Hall–Kier alpha value is -3.66. The predicted octanol–water partition coefficient (Wildman–Crippen LogP) is 2.42. The van der Waals surface area contributed by atoms with Crippen molar-refractivity contribution in [3.63, 3.8) is 0 Å². The van der Waals surface area contributed by atoms with Gasteiger partial charge in [-0.2, -0.15) is 4.99 Å². The number of esters is 2. The van der Waals surface area contributed by atoms with E-state index in [1.165, 1.54) is 34.5 Å². The van der Waals surface area contributed by atoms with Gasteiger partial charge in [0.25, 0.3) is 5.91 Å². The second-order valence-electron chi connectivity index (χ2n) is 6.20. The highest BCUT2D eigenvalue weighted by molar-refractivity contribution is 7.16. The summed E-state index contributed by atoms with van der Waals surface area (Å²) >= 11 is 1.15. The molecule has 0 unspecified atom stereocenters. The second-order valence-corrected chi connectivity index (χ2v) is 7.21. The van der Waals surface area contributed by atoms with E-state index in [9.17, 15) is 14.4 Å². The van der Waals surface area contributed by atoms with Gasteiger partial charge in [-0.3, -0.25) is 9.59 Å². The number of thiazole rings is 1. The number of nitrogens with zero attached hydrogens (tertiary/aromatic N) is 2. The number of ether oxygens (including phenoxy) is 4. The summed E-state index contributed by atoms with van der Waals surface area (Å²) in [6.07, 6.45) is 0. The minimum absolute atomic E-state index is 0.157. The minimum Gasteiger partial charge on any atom is -0.497 e. The van der Waals surface area contributed by atoms with Crippen LogP contribution in [0.3, 0.4) is 0 Å². The van der Waals surface area contributed by atoms with Crippen molar-refractivity contribution in [3.05, 3.63) is 52.3 Å². The third-order valence-corrected chi connectivity index (χ3v) is 5.49. The molecule has 0 spiro atoms. The third kappa shape index (κ3) is 4.58. The Morgan fingerprint density at radius 3 is 2.39 bits per heavy atom. The maximum Gasteiger partial charge on any atom is 0.337 e. The van der Waals surface area contributed by atoms with Gasteiger partial charge in [-0.05, 0) is 36.4 Å². The summed E-state index contributed by atoms with van der Waals surface area (Å²) in [5.41, 5.74) is 1.17. The van der Waals surface area contributed by atoms with E-state index in [2.05, 4.69) is 4.99 Å². The molecule has 1 aromatic heterocycles. The molecular formula is C21H20N2O7S. The molecule has 10 heteroatoms. The molecule has 0 aliphatic carbocycles. The highest BCUT2D eigenvalue weighted by atomic mass is 32.1. The third-order valence-electron chi connectivity index (χ3n) is 4.45. The summed E-state index contributed by atoms with van der Waals surface area (Å²) in [4.78, 5) is 41.3. The summed E-state index contributed by atoms with van der Waals surface area (Å²) in [6, 6.07) is 9.66. The lowest BCUT2D eigenvalue weighted by molar-refractivity contribution is -0.141. The molecule has 0 bridgehead atoms. The Kier molecular flexibility index (Phi) is 6.71. The largest absolute Gasteiger partial charge is 0.497 e. The van der Waals surface area contributed by atoms with E-state index in [4.69, 9.17) is 18.9 Å². The summed E-state index contributed by atoms with van der Waals surface area (Å²) in [5.74, 6) is -0.770. The van der Waals surface area contributed by atoms with Crippen LogP contribution in [0.15, 0.2) is 41.4 Å². The van der Waals surface area contributed by atoms with Gasteiger partial charge in [0.1, 0.15) is 18.0 Å². The van der Waals surface area contributed by atoms with Crippen LogP contribution in [0.2, 0.25) is 0 Å². The molecule has 0 saturated carbocycles. The molecule has 3 rings (SSSR count). The van der Waals surface area contributed by atoms with Crippen LogP contribution in [-0.2, 0) is 20.8 Å². The molecular weight excluding hydrogens is 424 g/mol. The molecule has 1 amide bonds. The van der Waals surface area contributed by atoms with Crippen LogP contribution in [0.4, 0.5) is 0 Å². The molecule has 31 heavy (non-hydrogen) atoms. The van der Waals surface area contributed by atoms with Crippen LogP contribution >= 0.6 is 11.3 Å².